The van der Waals surface area contributed by atoms with Crippen molar-refractivity contribution in [3.63, 3.8) is 0 Å². The summed E-state index contributed by atoms with van der Waals surface area (Å²) in [5, 5.41) is 11.4. The summed E-state index contributed by atoms with van der Waals surface area (Å²) in [4.78, 5) is 24.5. The smallest absolute Gasteiger partial charge is 0.322 e. The Balaban J connectivity index is 2.15. The molecule has 2 amide bonds. The SMILES string of the molecule is CC1C(C(=O)O)CCN1C(=O)Nc1c(F)cc(F)cc1Br. The van der Waals surface area contributed by atoms with Gasteiger partial charge in [-0.05, 0) is 35.3 Å². The number of hydrogen-bond donors (Lipinski definition) is 2. The molecule has 1 saturated heterocycles. The van der Waals surface area contributed by atoms with Gasteiger partial charge in [-0.3, -0.25) is 4.79 Å². The molecule has 2 rings (SSSR count). The molecule has 2 N–H and O–H groups in total. The van der Waals surface area contributed by atoms with E-state index >= 15 is 0 Å². The fourth-order valence-corrected chi connectivity index (χ4v) is 2.90. The molecule has 1 aromatic carbocycles. The molecule has 0 bridgehead atoms. The number of carbonyl (C=O) groups is 2. The molecule has 8 heteroatoms. The molecule has 0 saturated carbocycles. The molecule has 2 unspecified atom stereocenters. The predicted octanol–water partition coefficient (Wildman–Crippen LogP) is 3.05. The molecule has 1 fully saturated rings. The van der Waals surface area contributed by atoms with Gasteiger partial charge in [0.2, 0.25) is 0 Å². The normalized spacial score (nSPS) is 21.4. The standard InChI is InChI=1S/C13H13BrF2N2O3/c1-6-8(12(19)20)2-3-18(6)13(21)17-11-9(14)4-7(15)5-10(11)16/h4-6,8H,2-3H2,1H3,(H,17,21)(H,19,20). The number of amides is 2. The highest BCUT2D eigenvalue weighted by Crippen LogP contribution is 2.29. The van der Waals surface area contributed by atoms with Gasteiger partial charge in [-0.2, -0.15) is 0 Å². The molecule has 0 aromatic heterocycles. The molecule has 1 aliphatic heterocycles. The summed E-state index contributed by atoms with van der Waals surface area (Å²) < 4.78 is 26.7. The topological polar surface area (TPSA) is 69.6 Å². The van der Waals surface area contributed by atoms with E-state index in [0.717, 1.165) is 6.07 Å². The second kappa shape index (κ2) is 5.97. The minimum absolute atomic E-state index is 0.0787. The molecule has 0 aliphatic carbocycles. The Bertz CT molecular complexity index is 574. The van der Waals surface area contributed by atoms with E-state index in [-0.39, 0.29) is 16.7 Å². The van der Waals surface area contributed by atoms with Crippen LogP contribution in [0.25, 0.3) is 0 Å². The Kier molecular flexibility index (Phi) is 4.46. The monoisotopic (exact) mass is 362 g/mol. The third-order valence-electron chi connectivity index (χ3n) is 3.57. The van der Waals surface area contributed by atoms with E-state index in [2.05, 4.69) is 21.2 Å². The Morgan fingerprint density at radius 1 is 1.43 bits per heavy atom. The van der Waals surface area contributed by atoms with Gasteiger partial charge >= 0.3 is 12.0 Å². The van der Waals surface area contributed by atoms with Gasteiger partial charge in [0.25, 0.3) is 0 Å². The summed E-state index contributed by atoms with van der Waals surface area (Å²) in [6.07, 6.45) is 0.344. The molecule has 1 heterocycles. The molecule has 1 aliphatic rings. The van der Waals surface area contributed by atoms with Crippen LogP contribution in [0.1, 0.15) is 13.3 Å². The molecule has 2 atom stereocenters. The summed E-state index contributed by atoms with van der Waals surface area (Å²) >= 11 is 2.98. The first-order valence-electron chi connectivity index (χ1n) is 6.26. The number of anilines is 1. The van der Waals surface area contributed by atoms with Crippen molar-refractivity contribution in [2.24, 2.45) is 5.92 Å². The first kappa shape index (κ1) is 15.7. The number of carboxylic acids is 1. The number of likely N-dealkylation sites (tertiary alicyclic amines) is 1. The minimum atomic E-state index is -0.966. The molecule has 114 valence electrons. The number of nitrogens with zero attached hydrogens (tertiary/aromatic N) is 1. The van der Waals surface area contributed by atoms with Gasteiger partial charge < -0.3 is 15.3 Å². The van der Waals surface area contributed by atoms with Crippen LogP contribution < -0.4 is 5.32 Å². The highest BCUT2D eigenvalue weighted by molar-refractivity contribution is 9.10. The van der Waals surface area contributed by atoms with Crippen LogP contribution in [0.5, 0.6) is 0 Å². The quantitative estimate of drug-likeness (QED) is 0.849. The van der Waals surface area contributed by atoms with Crippen LogP contribution in [0.2, 0.25) is 0 Å². The van der Waals surface area contributed by atoms with E-state index in [1.54, 1.807) is 6.92 Å². The Morgan fingerprint density at radius 3 is 2.62 bits per heavy atom. The second-order valence-corrected chi connectivity index (χ2v) is 5.70. The van der Waals surface area contributed by atoms with E-state index in [4.69, 9.17) is 5.11 Å². The number of carboxylic acid groups (broad SMARTS) is 1. The summed E-state index contributed by atoms with van der Waals surface area (Å²) in [7, 11) is 0. The maximum Gasteiger partial charge on any atom is 0.322 e. The van der Waals surface area contributed by atoms with Gasteiger partial charge in [-0.15, -0.1) is 0 Å². The van der Waals surface area contributed by atoms with E-state index in [0.29, 0.717) is 12.5 Å². The van der Waals surface area contributed by atoms with Crippen LogP contribution in [-0.2, 0) is 4.79 Å². The Morgan fingerprint density at radius 2 is 2.10 bits per heavy atom. The molecule has 21 heavy (non-hydrogen) atoms. The van der Waals surface area contributed by atoms with Crippen molar-refractivity contribution < 1.29 is 23.5 Å². The number of nitrogens with one attached hydrogen (secondary N) is 1. The van der Waals surface area contributed by atoms with Gasteiger partial charge in [0.05, 0.1) is 11.6 Å². The average Bonchev–Trinajstić information content (AvgIpc) is 2.75. The maximum atomic E-state index is 13.7. The third-order valence-corrected chi connectivity index (χ3v) is 4.20. The number of halogens is 3. The van der Waals surface area contributed by atoms with Crippen molar-refractivity contribution in [1.82, 2.24) is 4.90 Å². The lowest BCUT2D eigenvalue weighted by atomic mass is 10.0. The number of benzene rings is 1. The van der Waals surface area contributed by atoms with E-state index in [1.165, 1.54) is 4.90 Å². The van der Waals surface area contributed by atoms with Crippen molar-refractivity contribution in [3.05, 3.63) is 28.2 Å². The lowest BCUT2D eigenvalue weighted by Crippen LogP contribution is -2.40. The van der Waals surface area contributed by atoms with Gasteiger partial charge in [-0.25, -0.2) is 13.6 Å². The van der Waals surface area contributed by atoms with Crippen LogP contribution in [0.15, 0.2) is 16.6 Å². The maximum absolute atomic E-state index is 13.7. The number of carbonyl (C=O) groups excluding carboxylic acids is 1. The first-order valence-corrected chi connectivity index (χ1v) is 7.05. The Hall–Kier alpha value is -1.70. The minimum Gasteiger partial charge on any atom is -0.481 e. The summed E-state index contributed by atoms with van der Waals surface area (Å²) in [6.45, 7) is 1.89. The van der Waals surface area contributed by atoms with E-state index in [1.807, 2.05) is 0 Å². The number of rotatable bonds is 2. The Labute approximate surface area is 128 Å². The van der Waals surface area contributed by atoms with Crippen LogP contribution in [-0.4, -0.2) is 34.6 Å². The highest BCUT2D eigenvalue weighted by Gasteiger charge is 2.38. The van der Waals surface area contributed by atoms with Crippen molar-refractivity contribution in [2.75, 3.05) is 11.9 Å². The zero-order valence-electron chi connectivity index (χ0n) is 11.1. The highest BCUT2D eigenvalue weighted by atomic mass is 79.9. The fourth-order valence-electron chi connectivity index (χ4n) is 2.40. The predicted molar refractivity (Wildman–Crippen MR) is 75.0 cm³/mol. The molecule has 0 radical (unpaired) electrons. The first-order chi connectivity index (χ1) is 9.81. The molecule has 1 aromatic rings. The zero-order valence-corrected chi connectivity index (χ0v) is 12.7. The van der Waals surface area contributed by atoms with Crippen LogP contribution in [0, 0.1) is 17.6 Å². The number of hydrogen-bond acceptors (Lipinski definition) is 2. The van der Waals surface area contributed by atoms with Crippen molar-refractivity contribution in [2.45, 2.75) is 19.4 Å². The summed E-state index contributed by atoms with van der Waals surface area (Å²) in [6, 6.07) is 0.585. The van der Waals surface area contributed by atoms with Gasteiger partial charge in [0.1, 0.15) is 5.82 Å². The summed E-state index contributed by atoms with van der Waals surface area (Å²) in [5.74, 6) is -3.28. The molecular formula is C13H13BrF2N2O3. The third kappa shape index (κ3) is 3.15. The van der Waals surface area contributed by atoms with Crippen LogP contribution >= 0.6 is 15.9 Å². The summed E-state index contributed by atoms with van der Waals surface area (Å²) in [5.41, 5.74) is -0.174. The zero-order chi connectivity index (χ0) is 15.7. The largest absolute Gasteiger partial charge is 0.481 e. The van der Waals surface area contributed by atoms with Gasteiger partial charge in [0.15, 0.2) is 5.82 Å². The van der Waals surface area contributed by atoms with Gasteiger partial charge in [0, 0.05) is 23.1 Å². The molecule has 5 nitrogen and oxygen atoms in total. The van der Waals surface area contributed by atoms with E-state index in [9.17, 15) is 18.4 Å². The number of aliphatic carboxylic acids is 1. The lowest BCUT2D eigenvalue weighted by Gasteiger charge is -2.24. The lowest BCUT2D eigenvalue weighted by molar-refractivity contribution is -0.142. The fraction of sp³-hybridized carbons (Fsp3) is 0.385. The molecular weight excluding hydrogens is 350 g/mol. The van der Waals surface area contributed by atoms with Crippen LogP contribution in [0.4, 0.5) is 19.3 Å². The van der Waals surface area contributed by atoms with Crippen LogP contribution in [0.3, 0.4) is 0 Å². The average molecular weight is 363 g/mol. The molecule has 0 spiro atoms. The van der Waals surface area contributed by atoms with Gasteiger partial charge in [-0.1, -0.05) is 0 Å². The number of urea groups is 1. The second-order valence-electron chi connectivity index (χ2n) is 4.84. The van der Waals surface area contributed by atoms with Crippen molar-refractivity contribution >= 4 is 33.6 Å². The van der Waals surface area contributed by atoms with E-state index < -0.39 is 35.6 Å². The van der Waals surface area contributed by atoms with Crippen molar-refractivity contribution in [3.8, 4) is 0 Å². The van der Waals surface area contributed by atoms with Crippen molar-refractivity contribution in [1.29, 1.82) is 0 Å².